The molecule has 0 rings (SSSR count). The molecule has 0 heterocycles. The van der Waals surface area contributed by atoms with E-state index in [2.05, 4.69) is 23.7 Å². The Kier molecular flexibility index (Phi) is 5.99. The molecular formula is C9H10. The molecule has 0 amide bonds. The van der Waals surface area contributed by atoms with Gasteiger partial charge in [-0.1, -0.05) is 24.8 Å². The minimum absolute atomic E-state index is 0.879. The Balaban J connectivity index is 3.61. The number of allylic oxidation sites excluding steroid dienone is 2. The summed E-state index contributed by atoms with van der Waals surface area (Å²) in [6.45, 7) is 3.94. The minimum Gasteiger partial charge on any atom is -0.0894 e. The van der Waals surface area contributed by atoms with E-state index in [9.17, 15) is 0 Å². The third-order valence-electron chi connectivity index (χ3n) is 0.650. The minimum atomic E-state index is 0.879. The van der Waals surface area contributed by atoms with Crippen LogP contribution in [0.4, 0.5) is 0 Å². The van der Waals surface area contributed by atoms with Gasteiger partial charge in [-0.05, 0) is 24.8 Å². The maximum absolute atomic E-state index is 2.85. The third kappa shape index (κ3) is 6.86. The van der Waals surface area contributed by atoms with E-state index in [1.165, 1.54) is 0 Å². The average Bonchev–Trinajstić information content (AvgIpc) is 1.89. The molecule has 9 heavy (non-hydrogen) atoms. The van der Waals surface area contributed by atoms with E-state index in [1.54, 1.807) is 6.08 Å². The molecule has 0 aliphatic heterocycles. The first-order chi connectivity index (χ1) is 4.41. The van der Waals surface area contributed by atoms with Gasteiger partial charge in [0.15, 0.2) is 0 Å². The number of rotatable bonds is 0. The fraction of sp³-hybridized carbons (Fsp3) is 0.333. The van der Waals surface area contributed by atoms with Gasteiger partial charge in [0.25, 0.3) is 0 Å². The lowest BCUT2D eigenvalue weighted by atomic mass is 10.4. The number of hydrogen-bond donors (Lipinski definition) is 0. The molecule has 0 unspecified atom stereocenters. The summed E-state index contributed by atoms with van der Waals surface area (Å²) in [5, 5.41) is 0. The smallest absolute Gasteiger partial charge is 0.00704 e. The van der Waals surface area contributed by atoms with Gasteiger partial charge < -0.3 is 0 Å². The third-order valence-corrected chi connectivity index (χ3v) is 0.650. The van der Waals surface area contributed by atoms with Crippen molar-refractivity contribution in [3.05, 3.63) is 12.2 Å². The maximum atomic E-state index is 2.85. The second-order valence-electron chi connectivity index (χ2n) is 1.42. The van der Waals surface area contributed by atoms with Crippen molar-refractivity contribution < 1.29 is 0 Å². The highest BCUT2D eigenvalue weighted by molar-refractivity contribution is 5.30. The van der Waals surface area contributed by atoms with Crippen LogP contribution in [-0.4, -0.2) is 0 Å². The van der Waals surface area contributed by atoms with Crippen molar-refractivity contribution in [2.45, 2.75) is 20.3 Å². The molecular weight excluding hydrogens is 108 g/mol. The van der Waals surface area contributed by atoms with Crippen LogP contribution in [-0.2, 0) is 0 Å². The SMILES string of the molecule is C/C=C/C#CC#CCC. The van der Waals surface area contributed by atoms with E-state index in [-0.39, 0.29) is 0 Å². The fourth-order valence-corrected chi connectivity index (χ4v) is 0.294. The fourth-order valence-electron chi connectivity index (χ4n) is 0.294. The van der Waals surface area contributed by atoms with Crippen molar-refractivity contribution in [2.24, 2.45) is 0 Å². The molecule has 0 spiro atoms. The van der Waals surface area contributed by atoms with E-state index >= 15 is 0 Å². The van der Waals surface area contributed by atoms with Crippen LogP contribution >= 0.6 is 0 Å². The highest BCUT2D eigenvalue weighted by atomic mass is 13.6. The molecule has 0 aromatic carbocycles. The zero-order valence-electron chi connectivity index (χ0n) is 5.86. The van der Waals surface area contributed by atoms with Gasteiger partial charge in [-0.25, -0.2) is 0 Å². The van der Waals surface area contributed by atoms with Gasteiger partial charge in [-0.3, -0.25) is 0 Å². The molecule has 0 radical (unpaired) electrons. The lowest BCUT2D eigenvalue weighted by Crippen LogP contribution is -1.52. The molecule has 0 N–H and O–H groups in total. The van der Waals surface area contributed by atoms with Crippen molar-refractivity contribution in [1.29, 1.82) is 0 Å². The first kappa shape index (κ1) is 7.86. The Bertz CT molecular complexity index is 188. The standard InChI is InChI=1S/C9H10/c1-3-5-7-9-8-6-4-2/h3,5H,4H2,1-2H3/b5-3+. The average molecular weight is 118 g/mol. The molecule has 46 valence electrons. The van der Waals surface area contributed by atoms with Crippen LogP contribution in [0.1, 0.15) is 20.3 Å². The Morgan fingerprint density at radius 2 is 2.11 bits per heavy atom. The molecule has 0 fully saturated rings. The van der Waals surface area contributed by atoms with Crippen molar-refractivity contribution in [2.75, 3.05) is 0 Å². The molecule has 0 aliphatic carbocycles. The molecule has 0 bridgehead atoms. The second-order valence-corrected chi connectivity index (χ2v) is 1.42. The second kappa shape index (κ2) is 6.86. The molecule has 0 aliphatic rings. The van der Waals surface area contributed by atoms with Crippen molar-refractivity contribution in [3.8, 4) is 23.7 Å². The predicted molar refractivity (Wildman–Crippen MR) is 40.7 cm³/mol. The van der Waals surface area contributed by atoms with Gasteiger partial charge in [0.1, 0.15) is 0 Å². The summed E-state index contributed by atoms with van der Waals surface area (Å²) in [4.78, 5) is 0. The van der Waals surface area contributed by atoms with Gasteiger partial charge in [0.05, 0.1) is 0 Å². The van der Waals surface area contributed by atoms with Gasteiger partial charge in [0.2, 0.25) is 0 Å². The van der Waals surface area contributed by atoms with Crippen LogP contribution in [0, 0.1) is 23.7 Å². The van der Waals surface area contributed by atoms with Crippen LogP contribution in [0.25, 0.3) is 0 Å². The monoisotopic (exact) mass is 118 g/mol. The molecule has 0 saturated heterocycles. The normalized spacial score (nSPS) is 7.33. The Hall–Kier alpha value is -1.14. The van der Waals surface area contributed by atoms with Crippen LogP contribution in [0.5, 0.6) is 0 Å². The lowest BCUT2D eigenvalue weighted by molar-refractivity contribution is 1.28. The summed E-state index contributed by atoms with van der Waals surface area (Å²) in [5.41, 5.74) is 0. The van der Waals surface area contributed by atoms with E-state index in [0.717, 1.165) is 6.42 Å². The van der Waals surface area contributed by atoms with Gasteiger partial charge >= 0.3 is 0 Å². The Labute approximate surface area is 57.0 Å². The van der Waals surface area contributed by atoms with E-state index < -0.39 is 0 Å². The zero-order chi connectivity index (χ0) is 6.95. The highest BCUT2D eigenvalue weighted by Crippen LogP contribution is 1.66. The van der Waals surface area contributed by atoms with E-state index in [4.69, 9.17) is 0 Å². The maximum Gasteiger partial charge on any atom is 0.00704 e. The molecule has 0 atom stereocenters. The largest absolute Gasteiger partial charge is 0.0894 e. The van der Waals surface area contributed by atoms with Crippen LogP contribution < -0.4 is 0 Å². The van der Waals surface area contributed by atoms with Crippen LogP contribution in [0.2, 0.25) is 0 Å². The summed E-state index contributed by atoms with van der Waals surface area (Å²) in [7, 11) is 0. The van der Waals surface area contributed by atoms with Crippen molar-refractivity contribution in [1.82, 2.24) is 0 Å². The predicted octanol–water partition coefficient (Wildman–Crippen LogP) is 1.98. The van der Waals surface area contributed by atoms with Gasteiger partial charge in [-0.15, -0.1) is 0 Å². The van der Waals surface area contributed by atoms with Gasteiger partial charge in [0, 0.05) is 6.42 Å². The van der Waals surface area contributed by atoms with Crippen LogP contribution in [0.15, 0.2) is 12.2 Å². The van der Waals surface area contributed by atoms with E-state index in [0.29, 0.717) is 0 Å². The molecule has 0 heteroatoms. The summed E-state index contributed by atoms with van der Waals surface area (Å²) in [5.74, 6) is 11.0. The topological polar surface area (TPSA) is 0 Å². The molecule has 0 aromatic heterocycles. The summed E-state index contributed by atoms with van der Waals surface area (Å²) in [6, 6.07) is 0. The highest BCUT2D eigenvalue weighted by Gasteiger charge is 1.55. The van der Waals surface area contributed by atoms with E-state index in [1.807, 2.05) is 19.9 Å². The summed E-state index contributed by atoms with van der Waals surface area (Å²) >= 11 is 0. The van der Waals surface area contributed by atoms with Crippen molar-refractivity contribution in [3.63, 3.8) is 0 Å². The number of hydrogen-bond acceptors (Lipinski definition) is 0. The summed E-state index contributed by atoms with van der Waals surface area (Å²) < 4.78 is 0. The Morgan fingerprint density at radius 1 is 1.33 bits per heavy atom. The Morgan fingerprint density at radius 3 is 2.67 bits per heavy atom. The molecule has 0 saturated carbocycles. The first-order valence-electron chi connectivity index (χ1n) is 3.01. The van der Waals surface area contributed by atoms with Crippen molar-refractivity contribution >= 4 is 0 Å². The van der Waals surface area contributed by atoms with Crippen LogP contribution in [0.3, 0.4) is 0 Å². The molecule has 0 nitrogen and oxygen atoms in total. The lowest BCUT2D eigenvalue weighted by Gasteiger charge is -1.62. The van der Waals surface area contributed by atoms with Gasteiger partial charge in [-0.2, -0.15) is 0 Å². The quantitative estimate of drug-likeness (QED) is 0.427. The zero-order valence-corrected chi connectivity index (χ0v) is 5.86. The first-order valence-corrected chi connectivity index (χ1v) is 3.01. The summed E-state index contributed by atoms with van der Waals surface area (Å²) in [6.07, 6.45) is 4.55. The molecule has 0 aromatic rings.